The zero-order valence-electron chi connectivity index (χ0n) is 10.1. The van der Waals surface area contributed by atoms with Crippen molar-refractivity contribution in [1.29, 1.82) is 0 Å². The van der Waals surface area contributed by atoms with Crippen LogP contribution in [-0.4, -0.2) is 35.7 Å². The Kier molecular flexibility index (Phi) is 3.96. The van der Waals surface area contributed by atoms with E-state index in [9.17, 15) is 5.11 Å². The van der Waals surface area contributed by atoms with Crippen LogP contribution >= 0.6 is 0 Å². The molecule has 2 atom stereocenters. The minimum atomic E-state index is -0.159. The highest BCUT2D eigenvalue weighted by molar-refractivity contribution is 4.92. The maximum atomic E-state index is 10.3. The van der Waals surface area contributed by atoms with Gasteiger partial charge in [-0.05, 0) is 38.3 Å². The van der Waals surface area contributed by atoms with Gasteiger partial charge in [-0.25, -0.2) is 0 Å². The number of aliphatic hydroxyl groups excluding tert-OH is 1. The van der Waals surface area contributed by atoms with Gasteiger partial charge in [0.05, 0.1) is 6.10 Å². The fraction of sp³-hybridized carbons (Fsp3) is 1.00. The van der Waals surface area contributed by atoms with Crippen LogP contribution in [0.3, 0.4) is 0 Å². The molecule has 2 nitrogen and oxygen atoms in total. The van der Waals surface area contributed by atoms with Crippen LogP contribution in [0.2, 0.25) is 0 Å². The molecule has 1 fully saturated rings. The van der Waals surface area contributed by atoms with Crippen molar-refractivity contribution in [3.63, 3.8) is 0 Å². The number of nitrogens with zero attached hydrogens (tertiary/aromatic N) is 1. The average Bonchev–Trinajstić information content (AvgIpc) is 2.10. The fourth-order valence-corrected chi connectivity index (χ4v) is 2.57. The molecule has 0 radical (unpaired) electrons. The summed E-state index contributed by atoms with van der Waals surface area (Å²) in [6, 6.07) is 0.374. The van der Waals surface area contributed by atoms with E-state index in [1.807, 2.05) is 0 Å². The van der Waals surface area contributed by atoms with Crippen molar-refractivity contribution in [1.82, 2.24) is 4.90 Å². The molecule has 1 rings (SSSR count). The summed E-state index contributed by atoms with van der Waals surface area (Å²) in [5.41, 5.74) is 0.102. The van der Waals surface area contributed by atoms with E-state index in [1.165, 1.54) is 12.8 Å². The molecule has 0 aliphatic heterocycles. The lowest BCUT2D eigenvalue weighted by atomic mass is 9.72. The standard InChI is InChI=1S/C12H25NO/c1-5-9-13(4)10-7-6-8-12(2,3)11(10)14/h10-11,14H,5-9H2,1-4H3. The molecule has 0 aromatic heterocycles. The molecule has 0 spiro atoms. The van der Waals surface area contributed by atoms with E-state index in [4.69, 9.17) is 0 Å². The van der Waals surface area contributed by atoms with Gasteiger partial charge in [-0.2, -0.15) is 0 Å². The van der Waals surface area contributed by atoms with Crippen LogP contribution in [0.25, 0.3) is 0 Å². The Morgan fingerprint density at radius 2 is 2.07 bits per heavy atom. The van der Waals surface area contributed by atoms with Crippen LogP contribution in [0, 0.1) is 5.41 Å². The predicted octanol–water partition coefficient (Wildman–Crippen LogP) is 2.27. The Morgan fingerprint density at radius 1 is 1.43 bits per heavy atom. The van der Waals surface area contributed by atoms with Crippen molar-refractivity contribution in [2.75, 3.05) is 13.6 Å². The van der Waals surface area contributed by atoms with Crippen molar-refractivity contribution in [2.45, 2.75) is 58.6 Å². The summed E-state index contributed by atoms with van der Waals surface area (Å²) in [6.45, 7) is 7.65. The third kappa shape index (κ3) is 2.48. The quantitative estimate of drug-likeness (QED) is 0.753. The van der Waals surface area contributed by atoms with Crippen LogP contribution in [-0.2, 0) is 0 Å². The van der Waals surface area contributed by atoms with E-state index in [2.05, 4.69) is 32.7 Å². The first kappa shape index (κ1) is 12.0. The molecule has 14 heavy (non-hydrogen) atoms. The number of hydrogen-bond donors (Lipinski definition) is 1. The zero-order chi connectivity index (χ0) is 10.8. The fourth-order valence-electron chi connectivity index (χ4n) is 2.57. The minimum Gasteiger partial charge on any atom is -0.391 e. The van der Waals surface area contributed by atoms with E-state index in [0.717, 1.165) is 19.4 Å². The van der Waals surface area contributed by atoms with Gasteiger partial charge in [0.15, 0.2) is 0 Å². The van der Waals surface area contributed by atoms with Crippen LogP contribution in [0.5, 0.6) is 0 Å². The molecular weight excluding hydrogens is 174 g/mol. The number of aliphatic hydroxyl groups is 1. The molecule has 84 valence electrons. The molecule has 1 aliphatic rings. The van der Waals surface area contributed by atoms with Gasteiger partial charge in [0.2, 0.25) is 0 Å². The van der Waals surface area contributed by atoms with Crippen LogP contribution < -0.4 is 0 Å². The third-order valence-corrected chi connectivity index (χ3v) is 3.63. The lowest BCUT2D eigenvalue weighted by Gasteiger charge is -2.44. The SMILES string of the molecule is CCCN(C)C1CCCC(C)(C)C1O. The number of hydrogen-bond acceptors (Lipinski definition) is 2. The second-order valence-corrected chi connectivity index (χ2v) is 5.37. The van der Waals surface area contributed by atoms with Gasteiger partial charge >= 0.3 is 0 Å². The first-order chi connectivity index (χ1) is 6.49. The highest BCUT2D eigenvalue weighted by atomic mass is 16.3. The Morgan fingerprint density at radius 3 is 2.64 bits per heavy atom. The normalized spacial score (nSPS) is 32.1. The third-order valence-electron chi connectivity index (χ3n) is 3.63. The minimum absolute atomic E-state index is 0.102. The first-order valence-electron chi connectivity index (χ1n) is 5.87. The maximum Gasteiger partial charge on any atom is 0.0746 e. The lowest BCUT2D eigenvalue weighted by molar-refractivity contribution is -0.0502. The van der Waals surface area contributed by atoms with Crippen molar-refractivity contribution in [2.24, 2.45) is 5.41 Å². The van der Waals surface area contributed by atoms with Gasteiger partial charge in [-0.1, -0.05) is 27.2 Å². The number of rotatable bonds is 3. The van der Waals surface area contributed by atoms with E-state index in [0.29, 0.717) is 6.04 Å². The molecule has 2 heteroatoms. The summed E-state index contributed by atoms with van der Waals surface area (Å²) < 4.78 is 0. The summed E-state index contributed by atoms with van der Waals surface area (Å²) in [6.07, 6.45) is 4.57. The largest absolute Gasteiger partial charge is 0.391 e. The highest BCUT2D eigenvalue weighted by Crippen LogP contribution is 2.37. The van der Waals surface area contributed by atoms with E-state index >= 15 is 0 Å². The lowest BCUT2D eigenvalue weighted by Crippen LogP contribution is -2.51. The van der Waals surface area contributed by atoms with Gasteiger partial charge in [0.25, 0.3) is 0 Å². The van der Waals surface area contributed by atoms with Crippen molar-refractivity contribution >= 4 is 0 Å². The Labute approximate surface area is 88.3 Å². The van der Waals surface area contributed by atoms with Crippen molar-refractivity contribution < 1.29 is 5.11 Å². The van der Waals surface area contributed by atoms with E-state index < -0.39 is 0 Å². The molecule has 2 unspecified atom stereocenters. The van der Waals surface area contributed by atoms with E-state index in [-0.39, 0.29) is 11.5 Å². The molecule has 0 amide bonds. The van der Waals surface area contributed by atoms with Gasteiger partial charge in [0, 0.05) is 6.04 Å². The summed E-state index contributed by atoms with van der Waals surface area (Å²) in [5, 5.41) is 10.3. The molecule has 0 aromatic rings. The Balaban J connectivity index is 2.60. The van der Waals surface area contributed by atoms with Crippen LogP contribution in [0.4, 0.5) is 0 Å². The zero-order valence-corrected chi connectivity index (χ0v) is 10.1. The molecule has 0 saturated heterocycles. The Hall–Kier alpha value is -0.0800. The first-order valence-corrected chi connectivity index (χ1v) is 5.87. The average molecular weight is 199 g/mol. The smallest absolute Gasteiger partial charge is 0.0746 e. The summed E-state index contributed by atoms with van der Waals surface area (Å²) >= 11 is 0. The second kappa shape index (κ2) is 4.63. The maximum absolute atomic E-state index is 10.3. The van der Waals surface area contributed by atoms with Crippen molar-refractivity contribution in [3.05, 3.63) is 0 Å². The number of likely N-dealkylation sites (N-methyl/N-ethyl adjacent to an activating group) is 1. The molecule has 1 N–H and O–H groups in total. The molecule has 1 aliphatic carbocycles. The van der Waals surface area contributed by atoms with Gasteiger partial charge in [-0.3, -0.25) is 0 Å². The second-order valence-electron chi connectivity index (χ2n) is 5.37. The monoisotopic (exact) mass is 199 g/mol. The Bertz CT molecular complexity index is 179. The molecule has 0 heterocycles. The summed E-state index contributed by atoms with van der Waals surface area (Å²) in [5.74, 6) is 0. The topological polar surface area (TPSA) is 23.5 Å². The van der Waals surface area contributed by atoms with Crippen LogP contribution in [0.15, 0.2) is 0 Å². The highest BCUT2D eigenvalue weighted by Gasteiger charge is 2.39. The van der Waals surface area contributed by atoms with E-state index in [1.54, 1.807) is 0 Å². The molecular formula is C12H25NO. The van der Waals surface area contributed by atoms with Gasteiger partial charge in [-0.15, -0.1) is 0 Å². The molecule has 0 aromatic carbocycles. The molecule has 0 bridgehead atoms. The van der Waals surface area contributed by atoms with Crippen LogP contribution in [0.1, 0.15) is 46.5 Å². The van der Waals surface area contributed by atoms with Gasteiger partial charge in [0.1, 0.15) is 0 Å². The predicted molar refractivity (Wildman–Crippen MR) is 60.3 cm³/mol. The molecule has 1 saturated carbocycles. The van der Waals surface area contributed by atoms with Crippen molar-refractivity contribution in [3.8, 4) is 0 Å². The summed E-state index contributed by atoms with van der Waals surface area (Å²) in [4.78, 5) is 2.32. The van der Waals surface area contributed by atoms with Gasteiger partial charge < -0.3 is 10.0 Å². The summed E-state index contributed by atoms with van der Waals surface area (Å²) in [7, 11) is 2.14.